The minimum Gasteiger partial charge on any atom is -0.369 e. The van der Waals surface area contributed by atoms with E-state index in [9.17, 15) is 18.0 Å². The Morgan fingerprint density at radius 1 is 1.17 bits per heavy atom. The maximum atomic E-state index is 13.5. The number of alkyl halides is 3. The summed E-state index contributed by atoms with van der Waals surface area (Å²) >= 11 is 0. The molecule has 0 bridgehead atoms. The van der Waals surface area contributed by atoms with E-state index in [1.165, 1.54) is 11.0 Å². The van der Waals surface area contributed by atoms with Crippen LogP contribution < -0.4 is 4.90 Å². The second-order valence-corrected chi connectivity index (χ2v) is 6.96. The summed E-state index contributed by atoms with van der Waals surface area (Å²) in [6.07, 6.45) is -2.20. The van der Waals surface area contributed by atoms with Crippen LogP contribution in [0.3, 0.4) is 0 Å². The van der Waals surface area contributed by atoms with E-state index in [1.54, 1.807) is 13.1 Å². The number of amides is 1. The van der Waals surface area contributed by atoms with Crippen LogP contribution in [0, 0.1) is 0 Å². The van der Waals surface area contributed by atoms with E-state index in [0.29, 0.717) is 18.3 Å². The molecule has 3 aliphatic heterocycles. The van der Waals surface area contributed by atoms with Crippen molar-refractivity contribution in [2.24, 2.45) is 0 Å². The Bertz CT molecular complexity index is 688. The van der Waals surface area contributed by atoms with Crippen molar-refractivity contribution in [3.05, 3.63) is 28.8 Å². The summed E-state index contributed by atoms with van der Waals surface area (Å²) in [5.41, 5.74) is 0.173. The van der Waals surface area contributed by atoms with E-state index in [4.69, 9.17) is 0 Å². The molecule has 130 valence electrons. The second-order valence-electron chi connectivity index (χ2n) is 6.96. The van der Waals surface area contributed by atoms with Crippen LogP contribution >= 0.6 is 0 Å². The van der Waals surface area contributed by atoms with Gasteiger partial charge in [0.2, 0.25) is 0 Å². The van der Waals surface area contributed by atoms with Gasteiger partial charge in [-0.1, -0.05) is 0 Å². The SMILES string of the molecule is CN1Cc2c(cc(N3CCN4CCCC4C3)cc2C(F)(F)F)C1=O. The standard InChI is InChI=1S/C17H20F3N3O/c1-21-10-14-13(16(21)24)7-12(8-15(14)17(18,19)20)23-6-5-22-4-2-3-11(22)9-23/h7-8,11H,2-6,9-10H2,1H3. The highest BCUT2D eigenvalue weighted by Crippen LogP contribution is 2.40. The van der Waals surface area contributed by atoms with Gasteiger partial charge in [-0.15, -0.1) is 0 Å². The molecule has 24 heavy (non-hydrogen) atoms. The molecule has 1 aromatic carbocycles. The van der Waals surface area contributed by atoms with E-state index >= 15 is 0 Å². The lowest BCUT2D eigenvalue weighted by Gasteiger charge is -2.39. The third-order valence-corrected chi connectivity index (χ3v) is 5.46. The Hall–Kier alpha value is -1.76. The first-order valence-electron chi connectivity index (χ1n) is 8.33. The number of piperazine rings is 1. The Balaban J connectivity index is 1.73. The molecule has 1 atom stereocenters. The van der Waals surface area contributed by atoms with Gasteiger partial charge in [0.05, 0.1) is 5.56 Å². The molecule has 3 heterocycles. The number of hydrogen-bond donors (Lipinski definition) is 0. The predicted molar refractivity (Wildman–Crippen MR) is 84.0 cm³/mol. The molecule has 4 nitrogen and oxygen atoms in total. The fraction of sp³-hybridized carbons (Fsp3) is 0.588. The van der Waals surface area contributed by atoms with Crippen LogP contribution in [0.25, 0.3) is 0 Å². The summed E-state index contributed by atoms with van der Waals surface area (Å²) in [5.74, 6) is -0.322. The van der Waals surface area contributed by atoms with Gasteiger partial charge in [0.25, 0.3) is 5.91 Å². The first kappa shape index (κ1) is 15.7. The molecule has 7 heteroatoms. The Morgan fingerprint density at radius 2 is 1.96 bits per heavy atom. The molecule has 0 aromatic heterocycles. The third-order valence-electron chi connectivity index (χ3n) is 5.46. The summed E-state index contributed by atoms with van der Waals surface area (Å²) in [7, 11) is 1.54. The number of anilines is 1. The van der Waals surface area contributed by atoms with Gasteiger partial charge < -0.3 is 9.80 Å². The fourth-order valence-corrected chi connectivity index (χ4v) is 4.19. The van der Waals surface area contributed by atoms with Crippen molar-refractivity contribution in [1.82, 2.24) is 9.80 Å². The molecule has 0 saturated carbocycles. The van der Waals surface area contributed by atoms with Gasteiger partial charge in [0, 0.05) is 50.5 Å². The average molecular weight is 339 g/mol. The topological polar surface area (TPSA) is 26.8 Å². The van der Waals surface area contributed by atoms with Gasteiger partial charge in [-0.25, -0.2) is 0 Å². The van der Waals surface area contributed by atoms with Gasteiger partial charge in [-0.3, -0.25) is 9.69 Å². The minimum atomic E-state index is -4.44. The highest BCUT2D eigenvalue weighted by Gasteiger charge is 2.40. The number of rotatable bonds is 1. The monoisotopic (exact) mass is 339 g/mol. The summed E-state index contributed by atoms with van der Waals surface area (Å²) in [6, 6.07) is 3.30. The summed E-state index contributed by atoms with van der Waals surface area (Å²) in [5, 5.41) is 0. The van der Waals surface area contributed by atoms with Crippen molar-refractivity contribution in [3.63, 3.8) is 0 Å². The largest absolute Gasteiger partial charge is 0.416 e. The fourth-order valence-electron chi connectivity index (χ4n) is 4.19. The zero-order valence-electron chi connectivity index (χ0n) is 13.6. The maximum absolute atomic E-state index is 13.5. The van der Waals surface area contributed by atoms with Crippen LogP contribution in [-0.2, 0) is 12.7 Å². The van der Waals surface area contributed by atoms with Crippen molar-refractivity contribution in [3.8, 4) is 0 Å². The molecule has 0 N–H and O–H groups in total. The molecule has 0 aliphatic carbocycles. The summed E-state index contributed by atoms with van der Waals surface area (Å²) in [6.45, 7) is 3.42. The minimum absolute atomic E-state index is 0.0275. The molecule has 4 rings (SSSR count). The normalized spacial score (nSPS) is 24.5. The third kappa shape index (κ3) is 2.46. The van der Waals surface area contributed by atoms with Crippen LogP contribution in [0.4, 0.5) is 18.9 Å². The molecule has 3 aliphatic rings. The first-order valence-corrected chi connectivity index (χ1v) is 8.33. The molecule has 1 aromatic rings. The number of carbonyl (C=O) groups is 1. The number of hydrogen-bond acceptors (Lipinski definition) is 3. The van der Waals surface area contributed by atoms with Crippen LogP contribution in [0.2, 0.25) is 0 Å². The average Bonchev–Trinajstić information content (AvgIpc) is 3.10. The van der Waals surface area contributed by atoms with E-state index in [-0.39, 0.29) is 23.6 Å². The molecular formula is C17H20F3N3O. The smallest absolute Gasteiger partial charge is 0.369 e. The van der Waals surface area contributed by atoms with Crippen molar-refractivity contribution >= 4 is 11.6 Å². The molecule has 1 unspecified atom stereocenters. The summed E-state index contributed by atoms with van der Waals surface area (Å²) < 4.78 is 40.5. The zero-order valence-corrected chi connectivity index (χ0v) is 13.6. The number of nitrogens with zero attached hydrogens (tertiary/aromatic N) is 3. The Morgan fingerprint density at radius 3 is 2.71 bits per heavy atom. The molecule has 0 spiro atoms. The van der Waals surface area contributed by atoms with E-state index in [1.807, 2.05) is 4.90 Å². The highest BCUT2D eigenvalue weighted by atomic mass is 19.4. The lowest BCUT2D eigenvalue weighted by Crippen LogP contribution is -2.50. The molecule has 2 saturated heterocycles. The quantitative estimate of drug-likeness (QED) is 0.787. The number of carbonyl (C=O) groups excluding carboxylic acids is 1. The molecular weight excluding hydrogens is 319 g/mol. The van der Waals surface area contributed by atoms with E-state index < -0.39 is 11.7 Å². The zero-order chi connectivity index (χ0) is 17.1. The van der Waals surface area contributed by atoms with Crippen molar-refractivity contribution in [2.45, 2.75) is 31.6 Å². The van der Waals surface area contributed by atoms with Gasteiger partial charge in [0.1, 0.15) is 0 Å². The first-order chi connectivity index (χ1) is 11.3. The summed E-state index contributed by atoms with van der Waals surface area (Å²) in [4.78, 5) is 18.0. The van der Waals surface area contributed by atoms with Gasteiger partial charge >= 0.3 is 6.18 Å². The van der Waals surface area contributed by atoms with Gasteiger partial charge in [0.15, 0.2) is 0 Å². The van der Waals surface area contributed by atoms with Crippen molar-refractivity contribution < 1.29 is 18.0 Å². The van der Waals surface area contributed by atoms with E-state index in [0.717, 1.165) is 32.5 Å². The van der Waals surface area contributed by atoms with Gasteiger partial charge in [-0.05, 0) is 37.1 Å². The molecule has 2 fully saturated rings. The second kappa shape index (κ2) is 5.37. The molecule has 1 amide bonds. The van der Waals surface area contributed by atoms with Crippen LogP contribution in [0.1, 0.15) is 34.3 Å². The predicted octanol–water partition coefficient (Wildman–Crippen LogP) is 2.58. The lowest BCUT2D eigenvalue weighted by atomic mass is 10.00. The van der Waals surface area contributed by atoms with Crippen LogP contribution in [-0.4, -0.2) is 55.0 Å². The lowest BCUT2D eigenvalue weighted by molar-refractivity contribution is -0.138. The van der Waals surface area contributed by atoms with Crippen molar-refractivity contribution in [1.29, 1.82) is 0 Å². The number of fused-ring (bicyclic) bond motifs is 2. The Kier molecular flexibility index (Phi) is 3.53. The Labute approximate surface area is 138 Å². The molecule has 0 radical (unpaired) electrons. The van der Waals surface area contributed by atoms with Crippen molar-refractivity contribution in [2.75, 3.05) is 38.1 Å². The number of halogens is 3. The van der Waals surface area contributed by atoms with Crippen LogP contribution in [0.15, 0.2) is 12.1 Å². The van der Waals surface area contributed by atoms with Gasteiger partial charge in [-0.2, -0.15) is 13.2 Å². The van der Waals surface area contributed by atoms with Crippen LogP contribution in [0.5, 0.6) is 0 Å². The van der Waals surface area contributed by atoms with E-state index in [2.05, 4.69) is 4.90 Å². The number of benzene rings is 1. The maximum Gasteiger partial charge on any atom is 0.416 e. The highest BCUT2D eigenvalue weighted by molar-refractivity contribution is 5.99.